The van der Waals surface area contributed by atoms with Gasteiger partial charge >= 0.3 is 0 Å². The van der Waals surface area contributed by atoms with Gasteiger partial charge in [0.1, 0.15) is 17.5 Å². The van der Waals surface area contributed by atoms with Crippen molar-refractivity contribution in [2.45, 2.75) is 26.9 Å². The van der Waals surface area contributed by atoms with Gasteiger partial charge in [-0.3, -0.25) is 4.40 Å². The molecule has 3 rings (SSSR count). The topological polar surface area (TPSA) is 57.8 Å². The number of rotatable bonds is 3. The Morgan fingerprint density at radius 2 is 1.79 bits per heavy atom. The maximum Gasteiger partial charge on any atom is 0.143 e. The highest BCUT2D eigenvalue weighted by Gasteiger charge is 2.22. The molecule has 3 aromatic rings. The molecule has 2 aromatic heterocycles. The summed E-state index contributed by atoms with van der Waals surface area (Å²) in [6, 6.07) is 7.25. The molecule has 128 valence electrons. The number of imidazole rings is 1. The number of halogens is 3. The van der Waals surface area contributed by atoms with Gasteiger partial charge in [0.15, 0.2) is 0 Å². The second-order valence-corrected chi connectivity index (χ2v) is 7.73. The maximum absolute atomic E-state index is 10.9. The first-order valence-electron chi connectivity index (χ1n) is 6.94. The minimum Gasteiger partial charge on any atom is -0.506 e. The Bertz CT molecular complexity index is 870. The third-order valence-corrected chi connectivity index (χ3v) is 5.32. The van der Waals surface area contributed by atoms with E-state index in [-0.39, 0.29) is 13.2 Å². The molecule has 0 aliphatic heterocycles. The second kappa shape index (κ2) is 7.56. The lowest BCUT2D eigenvalue weighted by molar-refractivity contribution is 0.213. The number of aliphatic hydroxyl groups excluding tert-OH is 1. The van der Waals surface area contributed by atoms with Gasteiger partial charge in [-0.05, 0) is 84.0 Å². The van der Waals surface area contributed by atoms with Crippen molar-refractivity contribution >= 4 is 53.4 Å². The van der Waals surface area contributed by atoms with Gasteiger partial charge in [-0.1, -0.05) is 14.4 Å². The molecule has 0 saturated carbocycles. The first-order chi connectivity index (χ1) is 10.9. The van der Waals surface area contributed by atoms with Gasteiger partial charge in [-0.15, -0.1) is 0 Å². The zero-order valence-corrected chi connectivity index (χ0v) is 16.9. The van der Waals surface area contributed by atoms with Gasteiger partial charge in [-0.25, -0.2) is 4.98 Å². The molecule has 0 saturated heterocycles. The fraction of sp³-hybridized carbons (Fsp3) is 0.235. The molecule has 0 radical (unpaired) electrons. The molecular formula is C17H17Br3N2O2. The van der Waals surface area contributed by atoms with Crippen LogP contribution >= 0.6 is 47.8 Å². The fourth-order valence-electron chi connectivity index (χ4n) is 2.54. The number of hydrogen-bond acceptors (Lipinski definition) is 3. The van der Waals surface area contributed by atoms with Gasteiger partial charge in [0, 0.05) is 10.7 Å². The van der Waals surface area contributed by atoms with Crippen molar-refractivity contribution in [1.82, 2.24) is 9.38 Å². The number of phenols is 1. The minimum atomic E-state index is -0.859. The summed E-state index contributed by atoms with van der Waals surface area (Å²) in [6.45, 7) is 2.01. The molecule has 1 atom stereocenters. The number of benzene rings is 1. The van der Waals surface area contributed by atoms with Gasteiger partial charge in [0.05, 0.1) is 20.3 Å². The van der Waals surface area contributed by atoms with Crippen molar-refractivity contribution in [3.63, 3.8) is 0 Å². The highest BCUT2D eigenvalue weighted by atomic mass is 79.9. The molecule has 0 bridgehead atoms. The number of hydrogen-bond donors (Lipinski definition) is 2. The highest BCUT2D eigenvalue weighted by molar-refractivity contribution is 9.11. The van der Waals surface area contributed by atoms with E-state index in [0.29, 0.717) is 20.9 Å². The molecule has 2 heterocycles. The average molecular weight is 521 g/mol. The third-order valence-electron chi connectivity index (χ3n) is 3.64. The summed E-state index contributed by atoms with van der Waals surface area (Å²) in [4.78, 5) is 4.59. The summed E-state index contributed by atoms with van der Waals surface area (Å²) >= 11 is 10.1. The van der Waals surface area contributed by atoms with Crippen LogP contribution in [0.3, 0.4) is 0 Å². The normalized spacial score (nSPS) is 12.2. The Morgan fingerprint density at radius 1 is 1.17 bits per heavy atom. The Kier molecular flexibility index (Phi) is 6.12. The lowest BCUT2D eigenvalue weighted by Crippen LogP contribution is -2.06. The van der Waals surface area contributed by atoms with Crippen molar-refractivity contribution in [2.75, 3.05) is 0 Å². The molecular weight excluding hydrogens is 504 g/mol. The van der Waals surface area contributed by atoms with E-state index in [1.54, 1.807) is 12.1 Å². The molecule has 4 nitrogen and oxygen atoms in total. The monoisotopic (exact) mass is 518 g/mol. The first-order valence-corrected chi connectivity index (χ1v) is 9.32. The second-order valence-electron chi connectivity index (χ2n) is 5.11. The van der Waals surface area contributed by atoms with Crippen molar-refractivity contribution in [3.05, 3.63) is 60.8 Å². The molecule has 2 N–H and O–H groups in total. The van der Waals surface area contributed by atoms with E-state index in [1.165, 1.54) is 0 Å². The van der Waals surface area contributed by atoms with Crippen LogP contribution in [0.2, 0.25) is 0 Å². The molecule has 1 aromatic carbocycles. The Balaban J connectivity index is 0.00000208. The lowest BCUT2D eigenvalue weighted by Gasteiger charge is -2.15. The van der Waals surface area contributed by atoms with Crippen LogP contribution in [0.4, 0.5) is 0 Å². The van der Waals surface area contributed by atoms with Crippen LogP contribution in [-0.4, -0.2) is 19.6 Å². The van der Waals surface area contributed by atoms with Crippen molar-refractivity contribution < 1.29 is 10.2 Å². The Morgan fingerprint density at radius 3 is 2.38 bits per heavy atom. The zero-order valence-electron chi connectivity index (χ0n) is 12.1. The van der Waals surface area contributed by atoms with E-state index < -0.39 is 6.10 Å². The fourth-order valence-corrected chi connectivity index (χ4v) is 4.10. The molecule has 0 amide bonds. The molecule has 1 unspecified atom stereocenters. The smallest absolute Gasteiger partial charge is 0.143 e. The van der Waals surface area contributed by atoms with Crippen LogP contribution in [0.25, 0.3) is 5.65 Å². The lowest BCUT2D eigenvalue weighted by atomic mass is 10.0. The largest absolute Gasteiger partial charge is 0.506 e. The van der Waals surface area contributed by atoms with Crippen LogP contribution in [0.5, 0.6) is 5.75 Å². The van der Waals surface area contributed by atoms with E-state index in [0.717, 1.165) is 21.5 Å². The number of aryl methyl sites for hydroxylation is 1. The van der Waals surface area contributed by atoms with Crippen LogP contribution < -0.4 is 0 Å². The standard InChI is InChI=1S/C16H13Br3N2O2.CH4/c1-2-12-14(21-7-9(17)3-4-13(21)20-12)15(22)8-5-10(18)16(23)11(19)6-8;/h3-7,15,22-23H,2H2,1H3;1H4. The quantitative estimate of drug-likeness (QED) is 0.472. The molecule has 0 aliphatic rings. The summed E-state index contributed by atoms with van der Waals surface area (Å²) in [6.07, 6.45) is 1.75. The summed E-state index contributed by atoms with van der Waals surface area (Å²) in [5, 5.41) is 20.8. The highest BCUT2D eigenvalue weighted by Crippen LogP contribution is 2.37. The van der Waals surface area contributed by atoms with E-state index in [2.05, 4.69) is 52.8 Å². The predicted molar refractivity (Wildman–Crippen MR) is 107 cm³/mol. The predicted octanol–water partition coefficient (Wildman–Crippen LogP) is 5.61. The molecule has 0 spiro atoms. The zero-order chi connectivity index (χ0) is 16.7. The molecule has 24 heavy (non-hydrogen) atoms. The Labute approximate surface area is 165 Å². The number of aliphatic hydroxyl groups is 1. The Hall–Kier alpha value is -0.890. The summed E-state index contributed by atoms with van der Waals surface area (Å²) in [5.74, 6) is 0.109. The number of aromatic nitrogens is 2. The van der Waals surface area contributed by atoms with Gasteiger partial charge < -0.3 is 10.2 Å². The van der Waals surface area contributed by atoms with E-state index in [1.807, 2.05) is 29.7 Å². The van der Waals surface area contributed by atoms with Crippen LogP contribution in [0, 0.1) is 0 Å². The SMILES string of the molecule is C.CCc1nc2ccc(Br)cn2c1C(O)c1cc(Br)c(O)c(Br)c1. The maximum atomic E-state index is 10.9. The number of phenolic OH excluding ortho intramolecular Hbond substituents is 1. The van der Waals surface area contributed by atoms with Crippen LogP contribution in [-0.2, 0) is 6.42 Å². The minimum absolute atomic E-state index is 0. The molecule has 0 fully saturated rings. The van der Waals surface area contributed by atoms with Crippen molar-refractivity contribution in [2.24, 2.45) is 0 Å². The average Bonchev–Trinajstić information content (AvgIpc) is 2.89. The van der Waals surface area contributed by atoms with Gasteiger partial charge in [-0.2, -0.15) is 0 Å². The number of aromatic hydroxyl groups is 1. The van der Waals surface area contributed by atoms with Gasteiger partial charge in [0.2, 0.25) is 0 Å². The van der Waals surface area contributed by atoms with Gasteiger partial charge in [0.25, 0.3) is 0 Å². The number of pyridine rings is 1. The summed E-state index contributed by atoms with van der Waals surface area (Å²) in [5.41, 5.74) is 3.03. The van der Waals surface area contributed by atoms with Crippen molar-refractivity contribution in [1.29, 1.82) is 0 Å². The van der Waals surface area contributed by atoms with Crippen LogP contribution in [0.15, 0.2) is 43.9 Å². The molecule has 7 heteroatoms. The van der Waals surface area contributed by atoms with E-state index >= 15 is 0 Å². The van der Waals surface area contributed by atoms with Crippen LogP contribution in [0.1, 0.15) is 37.4 Å². The summed E-state index contributed by atoms with van der Waals surface area (Å²) < 4.78 is 3.84. The third kappa shape index (κ3) is 3.40. The van der Waals surface area contributed by atoms with E-state index in [9.17, 15) is 10.2 Å². The van der Waals surface area contributed by atoms with E-state index in [4.69, 9.17) is 0 Å². The number of nitrogens with zero attached hydrogens (tertiary/aromatic N) is 2. The number of fused-ring (bicyclic) bond motifs is 1. The van der Waals surface area contributed by atoms with Crippen molar-refractivity contribution in [3.8, 4) is 5.75 Å². The summed E-state index contributed by atoms with van der Waals surface area (Å²) in [7, 11) is 0. The first kappa shape index (κ1) is 19.4. The molecule has 0 aliphatic carbocycles.